The largest absolute Gasteiger partial charge is 0.141 e. The van der Waals surface area contributed by atoms with Gasteiger partial charge in [-0.25, -0.2) is 0 Å². The Balaban J connectivity index is 0.00000121. The van der Waals surface area contributed by atoms with Gasteiger partial charge in [0, 0.05) is 9.75 Å². The fourth-order valence-electron chi connectivity index (χ4n) is 1.22. The van der Waals surface area contributed by atoms with Crippen molar-refractivity contribution >= 4 is 17.4 Å². The van der Waals surface area contributed by atoms with Crippen molar-refractivity contribution < 1.29 is 0 Å². The Morgan fingerprint density at radius 3 is 2.41 bits per heavy atom. The van der Waals surface area contributed by atoms with Crippen molar-refractivity contribution in [2.24, 2.45) is 0 Å². The third kappa shape index (κ3) is 6.75. The van der Waals surface area contributed by atoms with Gasteiger partial charge in [0.15, 0.2) is 0 Å². The first-order chi connectivity index (χ1) is 8.26. The van der Waals surface area contributed by atoms with Gasteiger partial charge in [-0.2, -0.15) is 0 Å². The second-order valence-electron chi connectivity index (χ2n) is 3.18. The van der Waals surface area contributed by atoms with Gasteiger partial charge in [0.05, 0.1) is 0 Å². The van der Waals surface area contributed by atoms with Crippen LogP contribution in [0.1, 0.15) is 30.5 Å². The molecule has 0 fully saturated rings. The molecule has 1 aromatic heterocycles. The first-order valence-corrected chi connectivity index (χ1v) is 6.78. The molecule has 1 aromatic rings. The standard InChI is InChI=1S/C14H16S.C2H6/c1-4-6-13(7-5-2)9-11-14-10-8-12(3)15-14;1-2/h4-11H,1H2,2-3H3;1-2H3/b7-5-,11-9+,13-6+;. The van der Waals surface area contributed by atoms with E-state index in [1.807, 2.05) is 32.9 Å². The summed E-state index contributed by atoms with van der Waals surface area (Å²) in [7, 11) is 0. The van der Waals surface area contributed by atoms with Crippen LogP contribution in [0.2, 0.25) is 0 Å². The van der Waals surface area contributed by atoms with E-state index in [2.05, 4.69) is 43.9 Å². The maximum atomic E-state index is 3.70. The minimum Gasteiger partial charge on any atom is -0.141 e. The van der Waals surface area contributed by atoms with Gasteiger partial charge in [-0.1, -0.05) is 50.8 Å². The van der Waals surface area contributed by atoms with E-state index in [9.17, 15) is 0 Å². The maximum Gasteiger partial charge on any atom is 0.0273 e. The zero-order valence-corrected chi connectivity index (χ0v) is 12.1. The molecule has 0 N–H and O–H groups in total. The summed E-state index contributed by atoms with van der Waals surface area (Å²) in [6.45, 7) is 11.8. The van der Waals surface area contributed by atoms with E-state index in [0.29, 0.717) is 0 Å². The molecule has 0 bridgehead atoms. The van der Waals surface area contributed by atoms with Crippen LogP contribution in [0.5, 0.6) is 0 Å². The molecule has 0 aliphatic rings. The Morgan fingerprint density at radius 2 is 1.94 bits per heavy atom. The lowest BCUT2D eigenvalue weighted by molar-refractivity contribution is 1.50. The van der Waals surface area contributed by atoms with Gasteiger partial charge in [0.25, 0.3) is 0 Å². The van der Waals surface area contributed by atoms with Crippen molar-refractivity contribution in [3.05, 3.63) is 64.4 Å². The van der Waals surface area contributed by atoms with Crippen molar-refractivity contribution in [1.82, 2.24) is 0 Å². The Bertz CT molecular complexity index is 403. The highest BCUT2D eigenvalue weighted by molar-refractivity contribution is 7.12. The molecule has 0 atom stereocenters. The highest BCUT2D eigenvalue weighted by Gasteiger charge is 1.91. The van der Waals surface area contributed by atoms with Crippen molar-refractivity contribution in [3.8, 4) is 0 Å². The van der Waals surface area contributed by atoms with Gasteiger partial charge in [-0.15, -0.1) is 11.3 Å². The Kier molecular flexibility index (Phi) is 9.08. The van der Waals surface area contributed by atoms with E-state index in [0.717, 1.165) is 0 Å². The van der Waals surface area contributed by atoms with Gasteiger partial charge in [0.2, 0.25) is 0 Å². The number of hydrogen-bond acceptors (Lipinski definition) is 1. The van der Waals surface area contributed by atoms with Gasteiger partial charge >= 0.3 is 0 Å². The molecule has 1 heterocycles. The highest BCUT2D eigenvalue weighted by atomic mass is 32.1. The molecule has 0 aliphatic heterocycles. The van der Waals surface area contributed by atoms with E-state index in [4.69, 9.17) is 0 Å². The predicted octanol–water partition coefficient (Wildman–Crippen LogP) is 5.78. The first-order valence-electron chi connectivity index (χ1n) is 5.96. The monoisotopic (exact) mass is 246 g/mol. The number of allylic oxidation sites excluding steroid dienone is 6. The van der Waals surface area contributed by atoms with E-state index < -0.39 is 0 Å². The summed E-state index contributed by atoms with van der Waals surface area (Å²) < 4.78 is 0. The van der Waals surface area contributed by atoms with Crippen molar-refractivity contribution in [2.75, 3.05) is 0 Å². The molecule has 0 saturated heterocycles. The second-order valence-corrected chi connectivity index (χ2v) is 4.50. The number of aryl methyl sites for hydroxylation is 1. The lowest BCUT2D eigenvalue weighted by Crippen LogP contribution is -1.69. The molecule has 0 spiro atoms. The van der Waals surface area contributed by atoms with Crippen LogP contribution in [-0.2, 0) is 0 Å². The number of thiophene rings is 1. The molecule has 1 rings (SSSR count). The Morgan fingerprint density at radius 1 is 1.24 bits per heavy atom. The summed E-state index contributed by atoms with van der Waals surface area (Å²) in [4.78, 5) is 2.63. The van der Waals surface area contributed by atoms with Crippen LogP contribution in [0.15, 0.2) is 54.7 Å². The van der Waals surface area contributed by atoms with E-state index in [1.54, 1.807) is 17.4 Å². The fourth-order valence-corrected chi connectivity index (χ4v) is 2.00. The molecular weight excluding hydrogens is 224 g/mol. The molecule has 0 unspecified atom stereocenters. The summed E-state index contributed by atoms with van der Waals surface area (Å²) in [5.41, 5.74) is 1.17. The van der Waals surface area contributed by atoms with Crippen LogP contribution in [0.4, 0.5) is 0 Å². The van der Waals surface area contributed by atoms with Gasteiger partial charge < -0.3 is 0 Å². The van der Waals surface area contributed by atoms with E-state index in [-0.39, 0.29) is 0 Å². The number of rotatable bonds is 4. The molecule has 0 aliphatic carbocycles. The lowest BCUT2D eigenvalue weighted by atomic mass is 10.2. The molecule has 0 aromatic carbocycles. The van der Waals surface area contributed by atoms with Crippen LogP contribution in [0, 0.1) is 6.92 Å². The summed E-state index contributed by atoms with van der Waals surface area (Å²) in [5.74, 6) is 0. The Labute approximate surface area is 110 Å². The highest BCUT2D eigenvalue weighted by Crippen LogP contribution is 2.17. The summed E-state index contributed by atoms with van der Waals surface area (Å²) in [6.07, 6.45) is 12.1. The quantitative estimate of drug-likeness (QED) is 0.590. The number of hydrogen-bond donors (Lipinski definition) is 0. The zero-order chi connectivity index (χ0) is 13.1. The maximum absolute atomic E-state index is 3.70. The topological polar surface area (TPSA) is 0 Å². The molecule has 0 nitrogen and oxygen atoms in total. The predicted molar refractivity (Wildman–Crippen MR) is 82.5 cm³/mol. The average Bonchev–Trinajstić information content (AvgIpc) is 2.75. The average molecular weight is 246 g/mol. The smallest absolute Gasteiger partial charge is 0.0273 e. The third-order valence-corrected chi connectivity index (χ3v) is 2.84. The SMILES string of the molecule is C=C/C=C(\C=C/C)/C=C/c1ccc(C)s1.CC. The second kappa shape index (κ2) is 9.86. The normalized spacial score (nSPS) is 11.6. The van der Waals surface area contributed by atoms with Crippen LogP contribution in [0.3, 0.4) is 0 Å². The zero-order valence-electron chi connectivity index (χ0n) is 11.2. The molecule has 0 amide bonds. The van der Waals surface area contributed by atoms with Crippen molar-refractivity contribution in [3.63, 3.8) is 0 Å². The summed E-state index contributed by atoms with van der Waals surface area (Å²) in [6, 6.07) is 4.27. The van der Waals surface area contributed by atoms with E-state index in [1.165, 1.54) is 15.3 Å². The molecule has 0 radical (unpaired) electrons. The first kappa shape index (κ1) is 15.7. The van der Waals surface area contributed by atoms with E-state index >= 15 is 0 Å². The fraction of sp³-hybridized carbons (Fsp3) is 0.250. The van der Waals surface area contributed by atoms with Gasteiger partial charge in [-0.3, -0.25) is 0 Å². The Hall–Kier alpha value is -1.34. The lowest BCUT2D eigenvalue weighted by Gasteiger charge is -1.90. The van der Waals surface area contributed by atoms with Crippen LogP contribution in [-0.4, -0.2) is 0 Å². The van der Waals surface area contributed by atoms with Crippen LogP contribution in [0.25, 0.3) is 6.08 Å². The van der Waals surface area contributed by atoms with Gasteiger partial charge in [-0.05, 0) is 37.6 Å². The van der Waals surface area contributed by atoms with Crippen LogP contribution >= 0.6 is 11.3 Å². The molecule has 0 saturated carbocycles. The van der Waals surface area contributed by atoms with Crippen molar-refractivity contribution in [2.45, 2.75) is 27.7 Å². The molecule has 92 valence electrons. The van der Waals surface area contributed by atoms with Crippen molar-refractivity contribution in [1.29, 1.82) is 0 Å². The summed E-state index contributed by atoms with van der Waals surface area (Å²) in [5, 5.41) is 0. The third-order valence-electron chi connectivity index (χ3n) is 1.87. The molecule has 17 heavy (non-hydrogen) atoms. The molecular formula is C16H22S. The summed E-state index contributed by atoms with van der Waals surface area (Å²) >= 11 is 1.80. The van der Waals surface area contributed by atoms with Crippen LogP contribution < -0.4 is 0 Å². The molecule has 1 heteroatoms. The minimum atomic E-state index is 1.17. The van der Waals surface area contributed by atoms with Gasteiger partial charge in [0.1, 0.15) is 0 Å². The minimum absolute atomic E-state index is 1.17.